The minimum absolute atomic E-state index is 0.607. The van der Waals surface area contributed by atoms with E-state index in [4.69, 9.17) is 0 Å². The molecule has 0 radical (unpaired) electrons. The van der Waals surface area contributed by atoms with Crippen LogP contribution in [0.15, 0.2) is 170 Å². The van der Waals surface area contributed by atoms with E-state index in [2.05, 4.69) is 221 Å². The largest absolute Gasteiger partial charge is 0.310 e. The number of hydrogen-bond acceptors (Lipinski definition) is 2. The van der Waals surface area contributed by atoms with Crippen LogP contribution in [0.5, 0.6) is 0 Å². The molecule has 0 heterocycles. The smallest absolute Gasteiger partial charge is 0.0540 e. The summed E-state index contributed by atoms with van der Waals surface area (Å²) in [5.41, 5.74) is 23.0. The highest BCUT2D eigenvalue weighted by atomic mass is 15.2. The summed E-state index contributed by atoms with van der Waals surface area (Å²) in [5, 5.41) is 7.68. The highest BCUT2D eigenvalue weighted by Gasteiger charge is 2.26. The minimum atomic E-state index is 0.607. The molecule has 0 saturated heterocycles. The number of rotatable bonds is 10. The first-order valence-electron chi connectivity index (χ1n) is 26.1. The maximum atomic E-state index is 2.58. The van der Waals surface area contributed by atoms with E-state index in [1.807, 2.05) is 0 Å². The topological polar surface area (TPSA) is 6.48 Å². The summed E-state index contributed by atoms with van der Waals surface area (Å²) in [4.78, 5) is 5.17. The van der Waals surface area contributed by atoms with Gasteiger partial charge in [0.1, 0.15) is 0 Å². The third-order valence-corrected chi connectivity index (χ3v) is 16.5. The average Bonchev–Trinajstić information content (AvgIpc) is 4.13. The van der Waals surface area contributed by atoms with E-state index in [0.29, 0.717) is 11.8 Å². The summed E-state index contributed by atoms with van der Waals surface area (Å²) in [7, 11) is 0. The van der Waals surface area contributed by atoms with E-state index in [1.165, 1.54) is 185 Å². The van der Waals surface area contributed by atoms with Crippen molar-refractivity contribution in [3.63, 3.8) is 0 Å². The second-order valence-electron chi connectivity index (χ2n) is 21.0. The molecule has 346 valence electrons. The maximum absolute atomic E-state index is 2.58. The van der Waals surface area contributed by atoms with E-state index < -0.39 is 0 Å². The maximum Gasteiger partial charge on any atom is 0.0540 e. The summed E-state index contributed by atoms with van der Waals surface area (Å²) in [6, 6.07) is 65.7. The van der Waals surface area contributed by atoms with Gasteiger partial charge in [0.15, 0.2) is 0 Å². The van der Waals surface area contributed by atoms with Crippen LogP contribution in [0.4, 0.5) is 34.1 Å². The van der Waals surface area contributed by atoms with Crippen LogP contribution >= 0.6 is 0 Å². The first-order valence-corrected chi connectivity index (χ1v) is 26.1. The summed E-state index contributed by atoms with van der Waals surface area (Å²) >= 11 is 0. The van der Waals surface area contributed by atoms with Crippen LogP contribution in [0, 0.1) is 41.5 Å². The monoisotopic (exact) mass is 909 g/mol. The van der Waals surface area contributed by atoms with Crippen LogP contribution in [-0.2, 0) is 0 Å². The third-order valence-electron chi connectivity index (χ3n) is 16.5. The molecule has 2 heteroatoms. The van der Waals surface area contributed by atoms with Crippen LogP contribution < -0.4 is 9.80 Å². The number of hydrogen-bond donors (Lipinski definition) is 0. The number of benzene rings is 10. The van der Waals surface area contributed by atoms with Crippen LogP contribution in [0.25, 0.3) is 54.6 Å². The highest BCUT2D eigenvalue weighted by molar-refractivity contribution is 6.28. The molecule has 0 atom stereocenters. The molecule has 70 heavy (non-hydrogen) atoms. The molecule has 10 aromatic rings. The zero-order valence-corrected chi connectivity index (χ0v) is 41.9. The van der Waals surface area contributed by atoms with Crippen LogP contribution in [-0.4, -0.2) is 0 Å². The number of nitrogens with zero attached hydrogens (tertiary/aromatic N) is 2. The fourth-order valence-corrected chi connectivity index (χ4v) is 12.9. The third kappa shape index (κ3) is 7.64. The van der Waals surface area contributed by atoms with Gasteiger partial charge in [-0.15, -0.1) is 0 Å². The quantitative estimate of drug-likeness (QED) is 0.126. The molecule has 0 spiro atoms. The van der Waals surface area contributed by atoms with E-state index in [0.717, 1.165) is 0 Å². The lowest BCUT2D eigenvalue weighted by Crippen LogP contribution is -2.13. The Kier molecular flexibility index (Phi) is 11.3. The molecule has 0 N–H and O–H groups in total. The van der Waals surface area contributed by atoms with Crippen LogP contribution in [0.1, 0.15) is 108 Å². The molecule has 0 aromatic heterocycles. The fourth-order valence-electron chi connectivity index (χ4n) is 12.9. The zero-order valence-electron chi connectivity index (χ0n) is 41.9. The molecule has 2 aliphatic carbocycles. The summed E-state index contributed by atoms with van der Waals surface area (Å²) < 4.78 is 0. The predicted octanol–water partition coefficient (Wildman–Crippen LogP) is 20.0. The average molecular weight is 909 g/mol. The summed E-state index contributed by atoms with van der Waals surface area (Å²) in [6.07, 6.45) is 10.3. The molecule has 0 amide bonds. The normalized spacial score (nSPS) is 14.4. The Hall–Kier alpha value is -7.16. The summed E-state index contributed by atoms with van der Waals surface area (Å²) in [5.74, 6) is 1.21. The van der Waals surface area contributed by atoms with Crippen LogP contribution in [0.2, 0.25) is 0 Å². The molecule has 0 aliphatic heterocycles. The van der Waals surface area contributed by atoms with E-state index in [1.54, 1.807) is 0 Å². The van der Waals surface area contributed by atoms with Crippen molar-refractivity contribution in [2.75, 3.05) is 9.80 Å². The SMILES string of the molecule is Cc1ccc(-c2c(C)cccc2C)cc1N(c1cccc(C2CCCC2)c1)c1ccc2ccc3c(N(c4cccc(C5CCCC5)c4)c4cc(-c5c(C)cccc5C)ccc4C)ccc4ccc1c2c43. The first kappa shape index (κ1) is 44.1. The molecule has 0 unspecified atom stereocenters. The van der Waals surface area contributed by atoms with E-state index in [-0.39, 0.29) is 0 Å². The Morgan fingerprint density at radius 3 is 1.10 bits per heavy atom. The van der Waals surface area contributed by atoms with Crippen molar-refractivity contribution in [2.45, 2.75) is 105 Å². The Labute approximate surface area is 415 Å². The van der Waals surface area contributed by atoms with Gasteiger partial charge in [-0.2, -0.15) is 0 Å². The van der Waals surface area contributed by atoms with Gasteiger partial charge in [-0.1, -0.05) is 147 Å². The van der Waals surface area contributed by atoms with Gasteiger partial charge in [0, 0.05) is 33.5 Å². The van der Waals surface area contributed by atoms with Gasteiger partial charge >= 0.3 is 0 Å². The van der Waals surface area contributed by atoms with Crippen LogP contribution in [0.3, 0.4) is 0 Å². The van der Waals surface area contributed by atoms with Gasteiger partial charge < -0.3 is 9.80 Å². The van der Waals surface area contributed by atoms with Gasteiger partial charge in [0.2, 0.25) is 0 Å². The molecule has 0 bridgehead atoms. The van der Waals surface area contributed by atoms with Gasteiger partial charge in [0.25, 0.3) is 0 Å². The van der Waals surface area contributed by atoms with Gasteiger partial charge in [-0.3, -0.25) is 0 Å². The van der Waals surface area contributed by atoms with Gasteiger partial charge in [-0.05, 0) is 216 Å². The zero-order chi connectivity index (χ0) is 47.6. The predicted molar refractivity (Wildman–Crippen MR) is 301 cm³/mol. The van der Waals surface area contributed by atoms with Crippen molar-refractivity contribution in [1.82, 2.24) is 0 Å². The highest BCUT2D eigenvalue weighted by Crippen LogP contribution is 2.50. The van der Waals surface area contributed by atoms with E-state index >= 15 is 0 Å². The van der Waals surface area contributed by atoms with Gasteiger partial charge in [-0.25, -0.2) is 0 Å². The number of anilines is 6. The molecule has 2 saturated carbocycles. The number of aryl methyl sites for hydroxylation is 6. The second-order valence-corrected chi connectivity index (χ2v) is 21.0. The molecular weight excluding hydrogens is 845 g/mol. The lowest BCUT2D eigenvalue weighted by atomic mass is 9.90. The molecule has 2 aliphatic rings. The molecule has 2 fully saturated rings. The van der Waals surface area contributed by atoms with Crippen molar-refractivity contribution in [3.8, 4) is 22.3 Å². The van der Waals surface area contributed by atoms with E-state index in [9.17, 15) is 0 Å². The fraction of sp³-hybridized carbons (Fsp3) is 0.235. The lowest BCUT2D eigenvalue weighted by Gasteiger charge is -2.31. The Morgan fingerprint density at radius 1 is 0.329 bits per heavy atom. The Morgan fingerprint density at radius 2 is 0.700 bits per heavy atom. The van der Waals surface area contributed by atoms with Crippen molar-refractivity contribution in [1.29, 1.82) is 0 Å². The minimum Gasteiger partial charge on any atom is -0.310 e. The van der Waals surface area contributed by atoms with Crippen molar-refractivity contribution in [2.24, 2.45) is 0 Å². The standard InChI is InChI=1S/C68H64N2/c1-43-27-29-55(65-45(3)15-11-16-46(65)4)41-63(43)69(57-25-13-23-53(39-57)49-19-7-8-20-49)61-37-33-51-32-36-60-62(38-34-52-31-35-59(61)67(51)68(52)60)70(58-26-14-24-54(40-58)50-21-9-10-22-50)64-42-56(30-28-44(64)2)66-47(5)17-12-18-48(66)6/h11-18,23-42,49-50H,7-10,19-22H2,1-6H3. The lowest BCUT2D eigenvalue weighted by molar-refractivity contribution is 0.723. The molecule has 10 aromatic carbocycles. The van der Waals surface area contributed by atoms with Crippen molar-refractivity contribution >= 4 is 66.4 Å². The molecule has 12 rings (SSSR count). The van der Waals surface area contributed by atoms with Gasteiger partial charge in [0.05, 0.1) is 11.4 Å². The Balaban J connectivity index is 1.10. The summed E-state index contributed by atoms with van der Waals surface area (Å²) in [6.45, 7) is 13.6. The van der Waals surface area contributed by atoms with Crippen molar-refractivity contribution in [3.05, 3.63) is 214 Å². The van der Waals surface area contributed by atoms with Crippen molar-refractivity contribution < 1.29 is 0 Å². The molecule has 2 nitrogen and oxygen atoms in total. The Bertz CT molecular complexity index is 3320. The molecular formula is C68H64N2. The first-order chi connectivity index (χ1) is 34.2. The second kappa shape index (κ2) is 18.0.